The highest BCUT2D eigenvalue weighted by Crippen LogP contribution is 2.20. The molecule has 1 heterocycles. The molecule has 3 rings (SSSR count). The standard InChI is InChI=1S/C20H26N2/c1-17-14-20(21-13-12-18-8-4-2-5-9-18)16-22(17)15-19-10-6-3-7-11-19/h2-11,17,20-21H,12-16H2,1H3/t17-,20-/m0/s1. The highest BCUT2D eigenvalue weighted by molar-refractivity contribution is 5.16. The van der Waals surface area contributed by atoms with Crippen molar-refractivity contribution in [3.63, 3.8) is 0 Å². The lowest BCUT2D eigenvalue weighted by Gasteiger charge is -2.21. The van der Waals surface area contributed by atoms with E-state index in [9.17, 15) is 0 Å². The number of rotatable bonds is 6. The van der Waals surface area contributed by atoms with Crippen LogP contribution in [-0.4, -0.2) is 30.1 Å². The van der Waals surface area contributed by atoms with Gasteiger partial charge in [-0.25, -0.2) is 0 Å². The van der Waals surface area contributed by atoms with Gasteiger partial charge in [-0.2, -0.15) is 0 Å². The normalized spacial score (nSPS) is 22.0. The number of hydrogen-bond acceptors (Lipinski definition) is 2. The van der Waals surface area contributed by atoms with E-state index in [0.29, 0.717) is 12.1 Å². The largest absolute Gasteiger partial charge is 0.312 e. The molecule has 1 fully saturated rings. The van der Waals surface area contributed by atoms with Gasteiger partial charge in [-0.15, -0.1) is 0 Å². The summed E-state index contributed by atoms with van der Waals surface area (Å²) in [5, 5.41) is 3.73. The lowest BCUT2D eigenvalue weighted by Crippen LogP contribution is -2.34. The number of hydrogen-bond donors (Lipinski definition) is 1. The van der Waals surface area contributed by atoms with Gasteiger partial charge in [-0.1, -0.05) is 60.7 Å². The SMILES string of the molecule is C[C@H]1C[C@H](NCCc2ccccc2)CN1Cc1ccccc1. The van der Waals surface area contributed by atoms with Crippen LogP contribution < -0.4 is 5.32 Å². The molecular weight excluding hydrogens is 268 g/mol. The first-order chi connectivity index (χ1) is 10.8. The maximum Gasteiger partial charge on any atom is 0.0237 e. The molecule has 116 valence electrons. The average Bonchev–Trinajstić information content (AvgIpc) is 2.89. The molecule has 0 bridgehead atoms. The molecular formula is C20H26N2. The van der Waals surface area contributed by atoms with Gasteiger partial charge in [0.15, 0.2) is 0 Å². The Morgan fingerprint density at radius 3 is 2.27 bits per heavy atom. The van der Waals surface area contributed by atoms with Gasteiger partial charge in [0.1, 0.15) is 0 Å². The van der Waals surface area contributed by atoms with E-state index < -0.39 is 0 Å². The second-order valence-electron chi connectivity index (χ2n) is 6.39. The fraction of sp³-hybridized carbons (Fsp3) is 0.400. The Labute approximate surface area is 134 Å². The monoisotopic (exact) mass is 294 g/mol. The molecule has 1 N–H and O–H groups in total. The van der Waals surface area contributed by atoms with Gasteiger partial charge in [-0.05, 0) is 37.4 Å². The molecule has 0 aliphatic carbocycles. The zero-order valence-electron chi connectivity index (χ0n) is 13.4. The minimum absolute atomic E-state index is 0.627. The van der Waals surface area contributed by atoms with Crippen molar-refractivity contribution in [2.45, 2.75) is 38.4 Å². The summed E-state index contributed by atoms with van der Waals surface area (Å²) in [6, 6.07) is 22.8. The Morgan fingerprint density at radius 1 is 0.955 bits per heavy atom. The molecule has 0 spiro atoms. The quantitative estimate of drug-likeness (QED) is 0.877. The van der Waals surface area contributed by atoms with Crippen molar-refractivity contribution in [3.05, 3.63) is 71.8 Å². The lowest BCUT2D eigenvalue weighted by atomic mass is 10.1. The zero-order valence-corrected chi connectivity index (χ0v) is 13.4. The third-order valence-electron chi connectivity index (χ3n) is 4.62. The highest BCUT2D eigenvalue weighted by atomic mass is 15.2. The van der Waals surface area contributed by atoms with E-state index in [2.05, 4.69) is 77.8 Å². The lowest BCUT2D eigenvalue weighted by molar-refractivity contribution is 0.257. The number of likely N-dealkylation sites (tertiary alicyclic amines) is 1. The molecule has 2 atom stereocenters. The van der Waals surface area contributed by atoms with Gasteiger partial charge >= 0.3 is 0 Å². The van der Waals surface area contributed by atoms with Crippen molar-refractivity contribution >= 4 is 0 Å². The Kier molecular flexibility index (Phi) is 5.25. The minimum atomic E-state index is 0.627. The summed E-state index contributed by atoms with van der Waals surface area (Å²) < 4.78 is 0. The van der Waals surface area contributed by atoms with E-state index in [-0.39, 0.29) is 0 Å². The van der Waals surface area contributed by atoms with E-state index >= 15 is 0 Å². The molecule has 0 unspecified atom stereocenters. The predicted molar refractivity (Wildman–Crippen MR) is 92.9 cm³/mol. The molecule has 1 saturated heterocycles. The Balaban J connectivity index is 1.44. The van der Waals surface area contributed by atoms with Crippen LogP contribution in [-0.2, 0) is 13.0 Å². The Bertz CT molecular complexity index is 552. The summed E-state index contributed by atoms with van der Waals surface area (Å²) in [6.45, 7) is 5.64. The van der Waals surface area contributed by atoms with E-state index in [1.807, 2.05) is 0 Å². The molecule has 1 aliphatic rings. The Hall–Kier alpha value is -1.64. The smallest absolute Gasteiger partial charge is 0.0237 e. The molecule has 0 radical (unpaired) electrons. The topological polar surface area (TPSA) is 15.3 Å². The summed E-state index contributed by atoms with van der Waals surface area (Å²) in [4.78, 5) is 2.59. The first-order valence-corrected chi connectivity index (χ1v) is 8.36. The highest BCUT2D eigenvalue weighted by Gasteiger charge is 2.28. The molecule has 1 aliphatic heterocycles. The van der Waals surface area contributed by atoms with Crippen LogP contribution in [0.5, 0.6) is 0 Å². The summed E-state index contributed by atoms with van der Waals surface area (Å²) >= 11 is 0. The van der Waals surface area contributed by atoms with Crippen molar-refractivity contribution in [2.75, 3.05) is 13.1 Å². The third-order valence-corrected chi connectivity index (χ3v) is 4.62. The van der Waals surface area contributed by atoms with Crippen LogP contribution in [0.1, 0.15) is 24.5 Å². The van der Waals surface area contributed by atoms with Crippen LogP contribution in [0, 0.1) is 0 Å². The molecule has 2 heteroatoms. The fourth-order valence-corrected chi connectivity index (χ4v) is 3.35. The molecule has 2 aromatic carbocycles. The van der Waals surface area contributed by atoms with Gasteiger partial charge in [-0.3, -0.25) is 4.90 Å². The van der Waals surface area contributed by atoms with E-state index in [0.717, 1.165) is 26.1 Å². The van der Waals surface area contributed by atoms with Crippen molar-refractivity contribution in [1.82, 2.24) is 10.2 Å². The Morgan fingerprint density at radius 2 is 1.59 bits per heavy atom. The maximum absolute atomic E-state index is 3.73. The molecule has 0 aromatic heterocycles. The first-order valence-electron chi connectivity index (χ1n) is 8.36. The predicted octanol–water partition coefficient (Wildman–Crippen LogP) is 3.48. The number of nitrogens with one attached hydrogen (secondary N) is 1. The molecule has 2 aromatic rings. The van der Waals surface area contributed by atoms with Crippen molar-refractivity contribution in [2.24, 2.45) is 0 Å². The number of benzene rings is 2. The van der Waals surface area contributed by atoms with Gasteiger partial charge < -0.3 is 5.32 Å². The zero-order chi connectivity index (χ0) is 15.2. The summed E-state index contributed by atoms with van der Waals surface area (Å²) in [5.41, 5.74) is 2.83. The number of nitrogens with zero attached hydrogens (tertiary/aromatic N) is 1. The van der Waals surface area contributed by atoms with Crippen LogP contribution in [0.2, 0.25) is 0 Å². The van der Waals surface area contributed by atoms with Crippen LogP contribution in [0.4, 0.5) is 0 Å². The van der Waals surface area contributed by atoms with E-state index in [1.165, 1.54) is 17.5 Å². The van der Waals surface area contributed by atoms with Crippen LogP contribution >= 0.6 is 0 Å². The van der Waals surface area contributed by atoms with Gasteiger partial charge in [0.2, 0.25) is 0 Å². The van der Waals surface area contributed by atoms with Crippen molar-refractivity contribution in [3.8, 4) is 0 Å². The van der Waals surface area contributed by atoms with Gasteiger partial charge in [0.25, 0.3) is 0 Å². The molecule has 22 heavy (non-hydrogen) atoms. The fourth-order valence-electron chi connectivity index (χ4n) is 3.35. The summed E-state index contributed by atoms with van der Waals surface area (Å²) in [7, 11) is 0. The van der Waals surface area contributed by atoms with Crippen LogP contribution in [0.25, 0.3) is 0 Å². The second-order valence-corrected chi connectivity index (χ2v) is 6.39. The second kappa shape index (κ2) is 7.57. The average molecular weight is 294 g/mol. The molecule has 0 saturated carbocycles. The minimum Gasteiger partial charge on any atom is -0.312 e. The van der Waals surface area contributed by atoms with Gasteiger partial charge in [0.05, 0.1) is 0 Å². The van der Waals surface area contributed by atoms with Crippen molar-refractivity contribution < 1.29 is 0 Å². The van der Waals surface area contributed by atoms with Crippen LogP contribution in [0.15, 0.2) is 60.7 Å². The van der Waals surface area contributed by atoms with E-state index in [1.54, 1.807) is 0 Å². The van der Waals surface area contributed by atoms with Crippen molar-refractivity contribution in [1.29, 1.82) is 0 Å². The molecule has 2 nitrogen and oxygen atoms in total. The van der Waals surface area contributed by atoms with E-state index in [4.69, 9.17) is 0 Å². The third kappa shape index (κ3) is 4.19. The molecule has 0 amide bonds. The van der Waals surface area contributed by atoms with Gasteiger partial charge in [0, 0.05) is 25.2 Å². The summed E-state index contributed by atoms with van der Waals surface area (Å²) in [6.07, 6.45) is 2.37. The maximum atomic E-state index is 3.73. The van der Waals surface area contributed by atoms with Crippen LogP contribution in [0.3, 0.4) is 0 Å². The summed E-state index contributed by atoms with van der Waals surface area (Å²) in [5.74, 6) is 0. The first kappa shape index (κ1) is 15.3.